The molecule has 1 aromatic heterocycles. The summed E-state index contributed by atoms with van der Waals surface area (Å²) >= 11 is 3.16. The van der Waals surface area contributed by atoms with Crippen LogP contribution in [0.3, 0.4) is 0 Å². The first kappa shape index (κ1) is 14.6. The summed E-state index contributed by atoms with van der Waals surface area (Å²) < 4.78 is 1.81. The van der Waals surface area contributed by atoms with E-state index in [1.54, 1.807) is 7.05 Å². The van der Waals surface area contributed by atoms with E-state index in [2.05, 4.69) is 25.8 Å². The fourth-order valence-electron chi connectivity index (χ4n) is 3.52. The van der Waals surface area contributed by atoms with Crippen LogP contribution in [0, 0.1) is 5.41 Å². The fraction of sp³-hybridized carbons (Fsp3) is 0.643. The third kappa shape index (κ3) is 2.27. The van der Waals surface area contributed by atoms with E-state index in [4.69, 9.17) is 5.73 Å². The summed E-state index contributed by atoms with van der Waals surface area (Å²) in [6.45, 7) is 1.49. The van der Waals surface area contributed by atoms with Crippen molar-refractivity contribution >= 4 is 33.5 Å². The topological polar surface area (TPSA) is 81.2 Å². The maximum absolute atomic E-state index is 12.1. The number of ketones is 1. The van der Waals surface area contributed by atoms with Crippen LogP contribution in [0.1, 0.15) is 32.1 Å². The predicted octanol–water partition coefficient (Wildman–Crippen LogP) is 1.46. The number of anilines is 2. The van der Waals surface area contributed by atoms with Crippen molar-refractivity contribution in [2.24, 2.45) is 12.5 Å². The second-order valence-corrected chi connectivity index (χ2v) is 6.81. The molecule has 0 atom stereocenters. The van der Waals surface area contributed by atoms with Crippen molar-refractivity contribution in [2.45, 2.75) is 32.1 Å². The van der Waals surface area contributed by atoms with Crippen LogP contribution < -0.4 is 16.2 Å². The lowest BCUT2D eigenvalue weighted by atomic mass is 9.76. The highest BCUT2D eigenvalue weighted by molar-refractivity contribution is 9.10. The summed E-state index contributed by atoms with van der Waals surface area (Å²) in [6, 6.07) is 0. The van der Waals surface area contributed by atoms with Gasteiger partial charge in [0, 0.05) is 32.0 Å². The number of nitrogens with two attached hydrogens (primary N) is 1. The molecule has 114 valence electrons. The molecule has 0 amide bonds. The molecule has 6 nitrogen and oxygen atoms in total. The Morgan fingerprint density at radius 1 is 1.24 bits per heavy atom. The number of carbonyl (C=O) groups excluding carboxylic acids is 1. The number of hydrogen-bond donors (Lipinski definition) is 1. The smallest absolute Gasteiger partial charge is 0.271 e. The highest BCUT2D eigenvalue weighted by Gasteiger charge is 2.44. The number of hydrogen-bond acceptors (Lipinski definition) is 5. The van der Waals surface area contributed by atoms with Crippen LogP contribution in [-0.2, 0) is 11.8 Å². The largest absolute Gasteiger partial charge is 0.382 e. The van der Waals surface area contributed by atoms with E-state index in [-0.39, 0.29) is 16.8 Å². The Kier molecular flexibility index (Phi) is 3.55. The van der Waals surface area contributed by atoms with Gasteiger partial charge in [-0.05, 0) is 41.6 Å². The molecular weight excluding hydrogens is 336 g/mol. The van der Waals surface area contributed by atoms with Crippen molar-refractivity contribution in [1.82, 2.24) is 9.55 Å². The standard InChI is InChI=1S/C14H19BrN4O2/c1-18-12(21)10(15)11(16)17-13(18)19-7-5-14(6-8-19)4-2-3-9(14)20/h2-8,16H2,1H3. The normalized spacial score (nSPS) is 21.2. The lowest BCUT2D eigenvalue weighted by Crippen LogP contribution is -2.44. The van der Waals surface area contributed by atoms with E-state index in [0.717, 1.165) is 45.2 Å². The van der Waals surface area contributed by atoms with E-state index in [0.29, 0.717) is 16.2 Å². The molecule has 21 heavy (non-hydrogen) atoms. The van der Waals surface area contributed by atoms with Gasteiger partial charge in [-0.3, -0.25) is 14.2 Å². The molecule has 1 saturated carbocycles. The second kappa shape index (κ2) is 5.12. The minimum Gasteiger partial charge on any atom is -0.382 e. The zero-order valence-corrected chi connectivity index (χ0v) is 13.6. The van der Waals surface area contributed by atoms with Gasteiger partial charge in [0.05, 0.1) is 0 Å². The van der Waals surface area contributed by atoms with Crippen molar-refractivity contribution in [3.05, 3.63) is 14.8 Å². The minimum absolute atomic E-state index is 0.115. The van der Waals surface area contributed by atoms with Crippen molar-refractivity contribution in [1.29, 1.82) is 0 Å². The average molecular weight is 355 g/mol. The van der Waals surface area contributed by atoms with Crippen LogP contribution in [0.5, 0.6) is 0 Å². The molecule has 0 bridgehead atoms. The Labute approximate surface area is 131 Å². The first-order chi connectivity index (χ1) is 9.94. The van der Waals surface area contributed by atoms with Gasteiger partial charge in [0.1, 0.15) is 16.1 Å². The van der Waals surface area contributed by atoms with Crippen molar-refractivity contribution in [3.63, 3.8) is 0 Å². The van der Waals surface area contributed by atoms with Crippen LogP contribution >= 0.6 is 15.9 Å². The highest BCUT2D eigenvalue weighted by Crippen LogP contribution is 2.44. The lowest BCUT2D eigenvalue weighted by molar-refractivity contribution is -0.126. The Morgan fingerprint density at radius 2 is 1.90 bits per heavy atom. The monoisotopic (exact) mass is 354 g/mol. The van der Waals surface area contributed by atoms with Gasteiger partial charge in [-0.2, -0.15) is 4.98 Å². The van der Waals surface area contributed by atoms with Crippen molar-refractivity contribution in [2.75, 3.05) is 23.7 Å². The molecule has 1 aliphatic heterocycles. The van der Waals surface area contributed by atoms with Crippen LogP contribution in [0.25, 0.3) is 0 Å². The van der Waals surface area contributed by atoms with Gasteiger partial charge in [-0.15, -0.1) is 0 Å². The number of halogens is 1. The zero-order chi connectivity index (χ0) is 15.2. The van der Waals surface area contributed by atoms with Gasteiger partial charge in [-0.1, -0.05) is 0 Å². The summed E-state index contributed by atoms with van der Waals surface area (Å²) in [6.07, 6.45) is 4.44. The van der Waals surface area contributed by atoms with Gasteiger partial charge in [-0.25, -0.2) is 0 Å². The summed E-state index contributed by atoms with van der Waals surface area (Å²) in [5, 5.41) is 0. The summed E-state index contributed by atoms with van der Waals surface area (Å²) in [5.74, 6) is 1.21. The third-order valence-electron chi connectivity index (χ3n) is 4.89. The van der Waals surface area contributed by atoms with Gasteiger partial charge >= 0.3 is 0 Å². The Bertz CT molecular complexity index is 647. The zero-order valence-electron chi connectivity index (χ0n) is 12.1. The fourth-order valence-corrected chi connectivity index (χ4v) is 3.87. The number of nitrogens with zero attached hydrogens (tertiary/aromatic N) is 3. The molecule has 0 radical (unpaired) electrons. The number of carbonyl (C=O) groups is 1. The highest BCUT2D eigenvalue weighted by atomic mass is 79.9. The minimum atomic E-state index is -0.185. The van der Waals surface area contributed by atoms with Gasteiger partial charge in [0.25, 0.3) is 5.56 Å². The second-order valence-electron chi connectivity index (χ2n) is 6.02. The molecule has 0 unspecified atom stereocenters. The van der Waals surface area contributed by atoms with Gasteiger partial charge < -0.3 is 10.6 Å². The van der Waals surface area contributed by atoms with Crippen LogP contribution in [0.4, 0.5) is 11.8 Å². The van der Waals surface area contributed by atoms with Crippen LogP contribution in [0.2, 0.25) is 0 Å². The van der Waals surface area contributed by atoms with Crippen LogP contribution in [0.15, 0.2) is 9.27 Å². The lowest BCUT2D eigenvalue weighted by Gasteiger charge is -2.39. The molecule has 2 aliphatic rings. The summed E-state index contributed by atoms with van der Waals surface area (Å²) in [5.41, 5.74) is 5.48. The Morgan fingerprint density at radius 3 is 2.48 bits per heavy atom. The van der Waals surface area contributed by atoms with Gasteiger partial charge in [0.2, 0.25) is 5.95 Å². The predicted molar refractivity (Wildman–Crippen MR) is 84.3 cm³/mol. The molecule has 1 aliphatic carbocycles. The molecule has 2 N–H and O–H groups in total. The maximum atomic E-state index is 12.1. The molecule has 2 fully saturated rings. The van der Waals surface area contributed by atoms with E-state index in [1.807, 2.05) is 0 Å². The Hall–Kier alpha value is -1.37. The van der Waals surface area contributed by atoms with E-state index < -0.39 is 0 Å². The molecule has 0 aromatic carbocycles. The number of aromatic nitrogens is 2. The molecule has 1 aromatic rings. The number of nitrogen functional groups attached to an aromatic ring is 1. The van der Waals surface area contributed by atoms with Crippen LogP contribution in [-0.4, -0.2) is 28.4 Å². The average Bonchev–Trinajstić information content (AvgIpc) is 2.83. The van der Waals surface area contributed by atoms with E-state index in [9.17, 15) is 9.59 Å². The van der Waals surface area contributed by atoms with E-state index in [1.165, 1.54) is 4.57 Å². The molecule has 7 heteroatoms. The van der Waals surface area contributed by atoms with Gasteiger partial charge in [0.15, 0.2) is 0 Å². The molecular formula is C14H19BrN4O2. The molecule has 1 spiro atoms. The van der Waals surface area contributed by atoms with Crippen molar-refractivity contribution < 1.29 is 4.79 Å². The maximum Gasteiger partial charge on any atom is 0.271 e. The number of piperidine rings is 1. The Balaban J connectivity index is 1.85. The number of Topliss-reactive ketones (excluding diaryl/α,β-unsaturated/α-hetero) is 1. The van der Waals surface area contributed by atoms with Crippen molar-refractivity contribution in [3.8, 4) is 0 Å². The molecule has 3 rings (SSSR count). The first-order valence-corrected chi connectivity index (χ1v) is 8.04. The molecule has 1 saturated heterocycles. The summed E-state index contributed by atoms with van der Waals surface area (Å²) in [7, 11) is 1.69. The quantitative estimate of drug-likeness (QED) is 0.825. The van der Waals surface area contributed by atoms with E-state index >= 15 is 0 Å². The SMILES string of the molecule is Cn1c(N2CCC3(CCCC3=O)CC2)nc(N)c(Br)c1=O. The number of rotatable bonds is 1. The third-order valence-corrected chi connectivity index (χ3v) is 5.64. The molecule has 2 heterocycles. The summed E-state index contributed by atoms with van der Waals surface area (Å²) in [4.78, 5) is 30.6. The first-order valence-electron chi connectivity index (χ1n) is 7.25.